The molecule has 6 heteroatoms. The number of halogens is 1. The van der Waals surface area contributed by atoms with Crippen molar-refractivity contribution < 1.29 is 4.39 Å². The SMILES string of the molecule is Cn1cc(/C=C(/C#N)c2nc(-c3ccc(F)cc3)cs2)cn1. The highest BCUT2D eigenvalue weighted by atomic mass is 32.1. The second-order valence-corrected chi connectivity index (χ2v) is 5.52. The van der Waals surface area contributed by atoms with Crippen molar-refractivity contribution in [3.8, 4) is 17.3 Å². The number of thiazole rings is 1. The van der Waals surface area contributed by atoms with E-state index in [1.807, 2.05) is 18.6 Å². The zero-order valence-corrected chi connectivity index (χ0v) is 12.5. The van der Waals surface area contributed by atoms with Gasteiger partial charge in [0.15, 0.2) is 0 Å². The van der Waals surface area contributed by atoms with Gasteiger partial charge in [-0.25, -0.2) is 9.37 Å². The lowest BCUT2D eigenvalue weighted by Crippen LogP contribution is -1.84. The van der Waals surface area contributed by atoms with Crippen LogP contribution >= 0.6 is 11.3 Å². The highest BCUT2D eigenvalue weighted by molar-refractivity contribution is 7.11. The number of benzene rings is 1. The van der Waals surface area contributed by atoms with Crippen LogP contribution in [0.1, 0.15) is 10.6 Å². The molecule has 4 nitrogen and oxygen atoms in total. The lowest BCUT2D eigenvalue weighted by molar-refractivity contribution is 0.628. The second-order valence-electron chi connectivity index (χ2n) is 4.66. The van der Waals surface area contributed by atoms with E-state index in [1.165, 1.54) is 23.5 Å². The van der Waals surface area contributed by atoms with Crippen LogP contribution in [-0.4, -0.2) is 14.8 Å². The molecule has 0 atom stereocenters. The van der Waals surface area contributed by atoms with Crippen LogP contribution < -0.4 is 0 Å². The summed E-state index contributed by atoms with van der Waals surface area (Å²) in [6.45, 7) is 0. The lowest BCUT2D eigenvalue weighted by Gasteiger charge is -1.96. The van der Waals surface area contributed by atoms with E-state index in [0.29, 0.717) is 10.6 Å². The van der Waals surface area contributed by atoms with Crippen LogP contribution in [0.5, 0.6) is 0 Å². The van der Waals surface area contributed by atoms with Crippen molar-refractivity contribution in [3.63, 3.8) is 0 Å². The monoisotopic (exact) mass is 310 g/mol. The summed E-state index contributed by atoms with van der Waals surface area (Å²) in [5.41, 5.74) is 2.87. The van der Waals surface area contributed by atoms with E-state index in [2.05, 4.69) is 16.2 Å². The summed E-state index contributed by atoms with van der Waals surface area (Å²) < 4.78 is 14.6. The first kappa shape index (κ1) is 14.2. The van der Waals surface area contributed by atoms with E-state index in [4.69, 9.17) is 0 Å². The fourth-order valence-corrected chi connectivity index (χ4v) is 2.77. The molecule has 0 fully saturated rings. The van der Waals surface area contributed by atoms with Crippen LogP contribution in [0.4, 0.5) is 4.39 Å². The Bertz CT molecular complexity index is 868. The molecule has 0 saturated carbocycles. The van der Waals surface area contributed by atoms with Gasteiger partial charge in [0.1, 0.15) is 16.9 Å². The molecule has 0 N–H and O–H groups in total. The zero-order chi connectivity index (χ0) is 15.5. The number of nitriles is 1. The van der Waals surface area contributed by atoms with E-state index in [1.54, 1.807) is 29.1 Å². The van der Waals surface area contributed by atoms with E-state index in [-0.39, 0.29) is 5.82 Å². The Labute approximate surface area is 130 Å². The number of rotatable bonds is 3. The summed E-state index contributed by atoms with van der Waals surface area (Å²) in [5, 5.41) is 15.9. The van der Waals surface area contributed by atoms with Crippen molar-refractivity contribution in [2.75, 3.05) is 0 Å². The third-order valence-corrected chi connectivity index (χ3v) is 3.91. The Kier molecular flexibility index (Phi) is 3.81. The molecule has 0 unspecified atom stereocenters. The standard InChI is InChI=1S/C16H11FN4S/c1-21-9-11(8-19-21)6-13(7-18)16-20-15(10-22-16)12-2-4-14(17)5-3-12/h2-6,8-10H,1H3/b13-6-. The fourth-order valence-electron chi connectivity index (χ4n) is 1.97. The predicted molar refractivity (Wildman–Crippen MR) is 84.2 cm³/mol. The maximum Gasteiger partial charge on any atom is 0.134 e. The summed E-state index contributed by atoms with van der Waals surface area (Å²) in [4.78, 5) is 4.46. The van der Waals surface area contributed by atoms with Gasteiger partial charge in [0.2, 0.25) is 0 Å². The van der Waals surface area contributed by atoms with Crippen LogP contribution in [0.3, 0.4) is 0 Å². The van der Waals surface area contributed by atoms with Gasteiger partial charge in [0.25, 0.3) is 0 Å². The molecule has 0 bridgehead atoms. The average Bonchev–Trinajstić information content (AvgIpc) is 3.15. The molecule has 0 radical (unpaired) electrons. The molecule has 0 saturated heterocycles. The van der Waals surface area contributed by atoms with Gasteiger partial charge in [-0.1, -0.05) is 0 Å². The second kappa shape index (κ2) is 5.92. The number of aryl methyl sites for hydroxylation is 1. The molecular weight excluding hydrogens is 299 g/mol. The Hall–Kier alpha value is -2.78. The highest BCUT2D eigenvalue weighted by Crippen LogP contribution is 2.27. The van der Waals surface area contributed by atoms with Crippen LogP contribution in [0.2, 0.25) is 0 Å². The first-order chi connectivity index (χ1) is 10.7. The molecule has 0 aliphatic heterocycles. The van der Waals surface area contributed by atoms with Crippen LogP contribution in [0.25, 0.3) is 22.9 Å². The van der Waals surface area contributed by atoms with Gasteiger partial charge in [0, 0.05) is 29.8 Å². The zero-order valence-electron chi connectivity index (χ0n) is 11.7. The summed E-state index contributed by atoms with van der Waals surface area (Å²) >= 11 is 1.38. The van der Waals surface area contributed by atoms with E-state index in [0.717, 1.165) is 16.8 Å². The molecule has 22 heavy (non-hydrogen) atoms. The molecule has 0 aliphatic carbocycles. The van der Waals surface area contributed by atoms with E-state index in [9.17, 15) is 9.65 Å². The number of hydrogen-bond donors (Lipinski definition) is 0. The maximum atomic E-state index is 13.0. The topological polar surface area (TPSA) is 54.5 Å². The number of hydrogen-bond acceptors (Lipinski definition) is 4. The summed E-state index contributed by atoms with van der Waals surface area (Å²) in [6, 6.07) is 8.29. The number of aromatic nitrogens is 3. The normalized spacial score (nSPS) is 11.4. The third kappa shape index (κ3) is 2.95. The van der Waals surface area contributed by atoms with Crippen molar-refractivity contribution in [2.24, 2.45) is 7.05 Å². The minimum Gasteiger partial charge on any atom is -0.275 e. The molecule has 3 rings (SSSR count). The van der Waals surface area contributed by atoms with E-state index < -0.39 is 0 Å². The summed E-state index contributed by atoms with van der Waals surface area (Å²) in [6.07, 6.45) is 5.26. The number of nitrogens with zero attached hydrogens (tertiary/aromatic N) is 4. The first-order valence-corrected chi connectivity index (χ1v) is 7.36. The smallest absolute Gasteiger partial charge is 0.134 e. The highest BCUT2D eigenvalue weighted by Gasteiger charge is 2.09. The molecule has 0 aliphatic rings. The van der Waals surface area contributed by atoms with Crippen LogP contribution in [0, 0.1) is 17.1 Å². The molecule has 1 aromatic carbocycles. The van der Waals surface area contributed by atoms with Gasteiger partial charge in [-0.2, -0.15) is 10.4 Å². The van der Waals surface area contributed by atoms with Crippen molar-refractivity contribution in [1.29, 1.82) is 5.26 Å². The quantitative estimate of drug-likeness (QED) is 0.692. The first-order valence-electron chi connectivity index (χ1n) is 6.48. The predicted octanol–water partition coefficient (Wildman–Crippen LogP) is 3.75. The molecule has 2 aromatic heterocycles. The Balaban J connectivity index is 1.93. The Morgan fingerprint density at radius 2 is 2.14 bits per heavy atom. The summed E-state index contributed by atoms with van der Waals surface area (Å²) in [5.74, 6) is -0.284. The molecule has 108 valence electrons. The Morgan fingerprint density at radius 3 is 2.77 bits per heavy atom. The van der Waals surface area contributed by atoms with Gasteiger partial charge in [-0.05, 0) is 30.3 Å². The lowest BCUT2D eigenvalue weighted by atomic mass is 10.2. The molecule has 3 aromatic rings. The van der Waals surface area contributed by atoms with Gasteiger partial charge in [-0.15, -0.1) is 11.3 Å². The third-order valence-electron chi connectivity index (χ3n) is 3.03. The van der Waals surface area contributed by atoms with E-state index >= 15 is 0 Å². The fraction of sp³-hybridized carbons (Fsp3) is 0.0625. The van der Waals surface area contributed by atoms with Gasteiger partial charge < -0.3 is 0 Å². The minimum atomic E-state index is -0.284. The van der Waals surface area contributed by atoms with Gasteiger partial charge in [-0.3, -0.25) is 4.68 Å². The van der Waals surface area contributed by atoms with Crippen molar-refractivity contribution >= 4 is 23.0 Å². The van der Waals surface area contributed by atoms with Crippen molar-refractivity contribution in [2.45, 2.75) is 0 Å². The maximum absolute atomic E-state index is 13.0. The van der Waals surface area contributed by atoms with Crippen LogP contribution in [-0.2, 0) is 7.05 Å². The van der Waals surface area contributed by atoms with Crippen molar-refractivity contribution in [3.05, 3.63) is 58.4 Å². The van der Waals surface area contributed by atoms with Gasteiger partial charge >= 0.3 is 0 Å². The molecule has 0 amide bonds. The largest absolute Gasteiger partial charge is 0.275 e. The Morgan fingerprint density at radius 1 is 1.36 bits per heavy atom. The van der Waals surface area contributed by atoms with Gasteiger partial charge in [0.05, 0.1) is 17.5 Å². The van der Waals surface area contributed by atoms with Crippen molar-refractivity contribution in [1.82, 2.24) is 14.8 Å². The summed E-state index contributed by atoms with van der Waals surface area (Å²) in [7, 11) is 1.82. The minimum absolute atomic E-state index is 0.284. The number of allylic oxidation sites excluding steroid dienone is 1. The molecular formula is C16H11FN4S. The van der Waals surface area contributed by atoms with Crippen LogP contribution in [0.15, 0.2) is 42.0 Å². The molecule has 2 heterocycles. The molecule has 0 spiro atoms. The average molecular weight is 310 g/mol.